The number of H-pyrrole nitrogens is 1. The van der Waals surface area contributed by atoms with Crippen LogP contribution in [-0.4, -0.2) is 21.0 Å². The second-order valence-electron chi connectivity index (χ2n) is 5.37. The maximum absolute atomic E-state index is 12.8. The molecule has 116 valence electrons. The summed E-state index contributed by atoms with van der Waals surface area (Å²) in [6.45, 7) is 0. The van der Waals surface area contributed by atoms with Crippen molar-refractivity contribution in [2.45, 2.75) is 25.4 Å². The SMILES string of the molecule is O=C(O)C1CCc2nc(-c3cccc(C(F)(F)F)c3)[nH]c2C1. The molecule has 7 heteroatoms. The summed E-state index contributed by atoms with van der Waals surface area (Å²) in [7, 11) is 0. The Morgan fingerprint density at radius 1 is 1.36 bits per heavy atom. The van der Waals surface area contributed by atoms with Gasteiger partial charge in [0.25, 0.3) is 0 Å². The van der Waals surface area contributed by atoms with Gasteiger partial charge < -0.3 is 10.1 Å². The van der Waals surface area contributed by atoms with Gasteiger partial charge in [0.2, 0.25) is 0 Å². The average Bonchev–Trinajstić information content (AvgIpc) is 2.89. The van der Waals surface area contributed by atoms with Gasteiger partial charge >= 0.3 is 12.1 Å². The molecule has 3 rings (SSSR count). The maximum atomic E-state index is 12.8. The van der Waals surface area contributed by atoms with E-state index in [0.29, 0.717) is 36.3 Å². The van der Waals surface area contributed by atoms with Crippen molar-refractivity contribution in [3.8, 4) is 11.4 Å². The van der Waals surface area contributed by atoms with Gasteiger partial charge in [-0.1, -0.05) is 12.1 Å². The Bertz CT molecular complexity index is 722. The van der Waals surface area contributed by atoms with Crippen molar-refractivity contribution in [3.05, 3.63) is 41.2 Å². The Kier molecular flexibility index (Phi) is 3.42. The Labute approximate surface area is 124 Å². The van der Waals surface area contributed by atoms with Crippen LogP contribution in [0.5, 0.6) is 0 Å². The van der Waals surface area contributed by atoms with Crippen LogP contribution in [0.1, 0.15) is 23.4 Å². The molecule has 1 atom stereocenters. The predicted octanol–water partition coefficient (Wildman–Crippen LogP) is 3.29. The third-order valence-electron chi connectivity index (χ3n) is 3.86. The highest BCUT2D eigenvalue weighted by molar-refractivity contribution is 5.71. The van der Waals surface area contributed by atoms with E-state index in [4.69, 9.17) is 5.11 Å². The molecule has 0 aliphatic heterocycles. The number of aromatic nitrogens is 2. The number of halogens is 3. The summed E-state index contributed by atoms with van der Waals surface area (Å²) in [4.78, 5) is 18.3. The van der Waals surface area contributed by atoms with Gasteiger partial charge in [0.15, 0.2) is 0 Å². The summed E-state index contributed by atoms with van der Waals surface area (Å²) in [5.74, 6) is -0.981. The standard InChI is InChI=1S/C15H13F3N2O2/c16-15(17,18)10-3-1-2-8(6-10)13-19-11-5-4-9(14(21)22)7-12(11)20-13/h1-3,6,9H,4-5,7H2,(H,19,20)(H,21,22). The number of carboxylic acid groups (broad SMARTS) is 1. The van der Waals surface area contributed by atoms with Crippen LogP contribution >= 0.6 is 0 Å². The van der Waals surface area contributed by atoms with E-state index in [9.17, 15) is 18.0 Å². The van der Waals surface area contributed by atoms with E-state index in [2.05, 4.69) is 9.97 Å². The normalized spacial score (nSPS) is 18.0. The highest BCUT2D eigenvalue weighted by Crippen LogP contribution is 2.32. The first-order chi connectivity index (χ1) is 10.3. The average molecular weight is 310 g/mol. The molecule has 1 aliphatic carbocycles. The molecular formula is C15H13F3N2O2. The molecule has 2 N–H and O–H groups in total. The molecule has 0 saturated heterocycles. The summed E-state index contributed by atoms with van der Waals surface area (Å²) < 4.78 is 38.3. The lowest BCUT2D eigenvalue weighted by molar-refractivity contribution is -0.142. The number of hydrogen-bond donors (Lipinski definition) is 2. The van der Waals surface area contributed by atoms with E-state index in [0.717, 1.165) is 17.8 Å². The van der Waals surface area contributed by atoms with Gasteiger partial charge in [-0.2, -0.15) is 13.2 Å². The molecule has 4 nitrogen and oxygen atoms in total. The number of nitrogens with zero attached hydrogens (tertiary/aromatic N) is 1. The zero-order valence-electron chi connectivity index (χ0n) is 11.4. The number of nitrogens with one attached hydrogen (secondary N) is 1. The molecule has 1 aliphatic rings. The van der Waals surface area contributed by atoms with Gasteiger partial charge in [-0.15, -0.1) is 0 Å². The predicted molar refractivity (Wildman–Crippen MR) is 72.2 cm³/mol. The minimum absolute atomic E-state index is 0.330. The number of aliphatic carboxylic acids is 1. The van der Waals surface area contributed by atoms with Crippen LogP contribution in [0, 0.1) is 5.92 Å². The highest BCUT2D eigenvalue weighted by Gasteiger charge is 2.31. The minimum atomic E-state index is -4.41. The van der Waals surface area contributed by atoms with Crippen molar-refractivity contribution in [3.63, 3.8) is 0 Å². The van der Waals surface area contributed by atoms with Crippen LogP contribution in [0.15, 0.2) is 24.3 Å². The molecule has 1 heterocycles. The van der Waals surface area contributed by atoms with E-state index in [1.54, 1.807) is 6.07 Å². The van der Waals surface area contributed by atoms with Crippen LogP contribution in [0.3, 0.4) is 0 Å². The number of imidazole rings is 1. The lowest BCUT2D eigenvalue weighted by Gasteiger charge is -2.16. The number of carbonyl (C=O) groups is 1. The van der Waals surface area contributed by atoms with Crippen molar-refractivity contribution in [2.75, 3.05) is 0 Å². The van der Waals surface area contributed by atoms with Crippen molar-refractivity contribution in [1.82, 2.24) is 9.97 Å². The van der Waals surface area contributed by atoms with E-state index in [-0.39, 0.29) is 0 Å². The monoisotopic (exact) mass is 310 g/mol. The zero-order valence-corrected chi connectivity index (χ0v) is 11.4. The fraction of sp³-hybridized carbons (Fsp3) is 0.333. The van der Waals surface area contributed by atoms with Crippen molar-refractivity contribution >= 4 is 5.97 Å². The fourth-order valence-corrected chi connectivity index (χ4v) is 2.67. The first kappa shape index (κ1) is 14.6. The smallest absolute Gasteiger partial charge is 0.416 e. The number of alkyl halides is 3. The largest absolute Gasteiger partial charge is 0.481 e. The van der Waals surface area contributed by atoms with E-state index < -0.39 is 23.6 Å². The molecule has 1 unspecified atom stereocenters. The van der Waals surface area contributed by atoms with Gasteiger partial charge in [-0.3, -0.25) is 4.79 Å². The van der Waals surface area contributed by atoms with E-state index in [1.165, 1.54) is 6.07 Å². The summed E-state index contributed by atoms with van der Waals surface area (Å²) in [5, 5.41) is 9.05. The molecule has 0 radical (unpaired) electrons. The van der Waals surface area contributed by atoms with Gasteiger partial charge in [0.1, 0.15) is 5.82 Å². The quantitative estimate of drug-likeness (QED) is 0.894. The van der Waals surface area contributed by atoms with Gasteiger partial charge in [-0.25, -0.2) is 4.98 Å². The Morgan fingerprint density at radius 3 is 2.82 bits per heavy atom. The Balaban J connectivity index is 1.93. The number of rotatable bonds is 2. The zero-order chi connectivity index (χ0) is 15.9. The highest BCUT2D eigenvalue weighted by atomic mass is 19.4. The lowest BCUT2D eigenvalue weighted by Crippen LogP contribution is -2.22. The molecule has 1 aromatic carbocycles. The molecule has 2 aromatic rings. The van der Waals surface area contributed by atoms with Crippen LogP contribution in [-0.2, 0) is 23.8 Å². The van der Waals surface area contributed by atoms with Crippen LogP contribution < -0.4 is 0 Å². The molecule has 0 saturated carbocycles. The van der Waals surface area contributed by atoms with Gasteiger partial charge in [0, 0.05) is 17.7 Å². The topological polar surface area (TPSA) is 66.0 Å². The van der Waals surface area contributed by atoms with Gasteiger partial charge in [0.05, 0.1) is 17.2 Å². The first-order valence-corrected chi connectivity index (χ1v) is 6.83. The summed E-state index contributed by atoms with van der Waals surface area (Å²) in [6, 6.07) is 4.93. The van der Waals surface area contributed by atoms with Crippen molar-refractivity contribution < 1.29 is 23.1 Å². The number of aromatic amines is 1. The summed E-state index contributed by atoms with van der Waals surface area (Å²) >= 11 is 0. The Hall–Kier alpha value is -2.31. The van der Waals surface area contributed by atoms with Crippen LogP contribution in [0.2, 0.25) is 0 Å². The van der Waals surface area contributed by atoms with Crippen molar-refractivity contribution in [1.29, 1.82) is 0 Å². The van der Waals surface area contributed by atoms with Crippen LogP contribution in [0.25, 0.3) is 11.4 Å². The van der Waals surface area contributed by atoms with Crippen molar-refractivity contribution in [2.24, 2.45) is 5.92 Å². The number of aryl methyl sites for hydroxylation is 1. The molecule has 0 fully saturated rings. The molecule has 22 heavy (non-hydrogen) atoms. The van der Waals surface area contributed by atoms with Crippen LogP contribution in [0.4, 0.5) is 13.2 Å². The molecule has 0 spiro atoms. The number of hydrogen-bond acceptors (Lipinski definition) is 2. The third kappa shape index (κ3) is 2.70. The number of benzene rings is 1. The van der Waals surface area contributed by atoms with E-state index in [1.807, 2.05) is 0 Å². The van der Waals surface area contributed by atoms with E-state index >= 15 is 0 Å². The Morgan fingerprint density at radius 2 is 2.14 bits per heavy atom. The molecule has 0 bridgehead atoms. The second-order valence-corrected chi connectivity index (χ2v) is 5.37. The lowest BCUT2D eigenvalue weighted by atomic mass is 9.90. The first-order valence-electron chi connectivity index (χ1n) is 6.83. The number of carboxylic acids is 1. The molecular weight excluding hydrogens is 297 g/mol. The maximum Gasteiger partial charge on any atom is 0.416 e. The minimum Gasteiger partial charge on any atom is -0.481 e. The molecule has 0 amide bonds. The third-order valence-corrected chi connectivity index (χ3v) is 3.86. The summed E-state index contributed by atoms with van der Waals surface area (Å²) in [6.07, 6.45) is -3.07. The van der Waals surface area contributed by atoms with Gasteiger partial charge in [-0.05, 0) is 25.0 Å². The fourth-order valence-electron chi connectivity index (χ4n) is 2.67. The number of fused-ring (bicyclic) bond motifs is 1. The molecule has 1 aromatic heterocycles. The second kappa shape index (κ2) is 5.15. The summed E-state index contributed by atoms with van der Waals surface area (Å²) in [5.41, 5.74) is 1.05.